The summed E-state index contributed by atoms with van der Waals surface area (Å²) in [6.07, 6.45) is 0.340. The van der Waals surface area contributed by atoms with Gasteiger partial charge < -0.3 is 15.1 Å². The summed E-state index contributed by atoms with van der Waals surface area (Å²) in [6.45, 7) is 6.44. The van der Waals surface area contributed by atoms with Crippen LogP contribution in [0, 0.1) is 0 Å². The Balaban J connectivity index is 1.56. The lowest BCUT2D eigenvalue weighted by Gasteiger charge is -2.34. The quantitative estimate of drug-likeness (QED) is 0.721. The molecule has 9 heteroatoms. The minimum absolute atomic E-state index is 0.113. The summed E-state index contributed by atoms with van der Waals surface area (Å²) in [5.74, 6) is -3.33. The number of halogens is 2. The zero-order valence-electron chi connectivity index (χ0n) is 16.7. The van der Waals surface area contributed by atoms with Gasteiger partial charge in [0.25, 0.3) is 0 Å². The Bertz CT molecular complexity index is 956. The van der Waals surface area contributed by atoms with Crippen molar-refractivity contribution < 1.29 is 22.0 Å². The molecular weight excluding hydrogens is 412 g/mol. The number of carbonyl (C=O) groups is 1. The molecule has 2 aromatic rings. The molecule has 0 unspecified atom stereocenters. The number of alkyl halides is 2. The molecule has 0 bridgehead atoms. The van der Waals surface area contributed by atoms with E-state index in [0.717, 1.165) is 56.1 Å². The van der Waals surface area contributed by atoms with Crippen molar-refractivity contribution in [1.82, 2.24) is 9.80 Å². The third kappa shape index (κ3) is 5.34. The number of amides is 1. The second-order valence-corrected chi connectivity index (χ2v) is 9.06. The Morgan fingerprint density at radius 1 is 0.967 bits per heavy atom. The molecule has 0 saturated carbocycles. The fourth-order valence-corrected chi connectivity index (χ4v) is 4.02. The van der Waals surface area contributed by atoms with E-state index in [1.165, 1.54) is 12.1 Å². The summed E-state index contributed by atoms with van der Waals surface area (Å²) < 4.78 is 48.1. The number of likely N-dealkylation sites (N-methyl/N-ethyl adjacent to an activating group) is 1. The van der Waals surface area contributed by atoms with E-state index < -0.39 is 20.5 Å². The minimum Gasteiger partial charge on any atom is -0.356 e. The molecule has 1 fully saturated rings. The number of carbonyl (C=O) groups excluding carboxylic acids is 1. The van der Waals surface area contributed by atoms with E-state index in [1.807, 2.05) is 29.2 Å². The molecule has 0 aliphatic carbocycles. The molecule has 30 heavy (non-hydrogen) atoms. The van der Waals surface area contributed by atoms with Crippen molar-refractivity contribution in [3.8, 4) is 0 Å². The van der Waals surface area contributed by atoms with E-state index in [2.05, 4.69) is 17.1 Å². The third-order valence-corrected chi connectivity index (χ3v) is 6.59. The number of anilines is 2. The van der Waals surface area contributed by atoms with Crippen LogP contribution >= 0.6 is 0 Å². The molecule has 0 spiro atoms. The highest BCUT2D eigenvalue weighted by molar-refractivity contribution is 7.91. The topological polar surface area (TPSA) is 69.7 Å². The SMILES string of the molecule is CCN1CCN(C(=O)Cc2ccc(Nc3ccc(S(=O)(=O)C(F)F)cc3)cc2)CC1. The number of nitrogens with one attached hydrogen (secondary N) is 1. The lowest BCUT2D eigenvalue weighted by atomic mass is 10.1. The maximum atomic E-state index is 12.6. The second kappa shape index (κ2) is 9.53. The first-order valence-corrected chi connectivity index (χ1v) is 11.3. The number of benzene rings is 2. The summed E-state index contributed by atoms with van der Waals surface area (Å²) in [6, 6.07) is 12.5. The molecule has 1 aliphatic heterocycles. The van der Waals surface area contributed by atoms with Gasteiger partial charge in [0.1, 0.15) is 0 Å². The molecule has 1 aliphatic rings. The first-order chi connectivity index (χ1) is 14.3. The van der Waals surface area contributed by atoms with Crippen molar-refractivity contribution in [2.75, 3.05) is 38.0 Å². The van der Waals surface area contributed by atoms with Crippen LogP contribution in [-0.4, -0.2) is 62.6 Å². The average molecular weight is 438 g/mol. The average Bonchev–Trinajstić information content (AvgIpc) is 2.75. The summed E-state index contributed by atoms with van der Waals surface area (Å²) >= 11 is 0. The molecule has 3 rings (SSSR count). The van der Waals surface area contributed by atoms with Gasteiger partial charge in [-0.1, -0.05) is 19.1 Å². The smallest absolute Gasteiger partial charge is 0.341 e. The molecular formula is C21H25F2N3O3S. The molecule has 1 amide bonds. The van der Waals surface area contributed by atoms with Crippen molar-refractivity contribution >= 4 is 27.1 Å². The number of hydrogen-bond donors (Lipinski definition) is 1. The second-order valence-electron chi connectivity index (χ2n) is 7.14. The lowest BCUT2D eigenvalue weighted by Crippen LogP contribution is -2.48. The van der Waals surface area contributed by atoms with Gasteiger partial charge in [-0.15, -0.1) is 0 Å². The molecule has 6 nitrogen and oxygen atoms in total. The van der Waals surface area contributed by atoms with Crippen LogP contribution in [0.4, 0.5) is 20.2 Å². The van der Waals surface area contributed by atoms with Crippen molar-refractivity contribution in [1.29, 1.82) is 0 Å². The van der Waals surface area contributed by atoms with Crippen LogP contribution in [0.2, 0.25) is 0 Å². The Hall–Kier alpha value is -2.52. The normalized spacial score (nSPS) is 15.4. The number of rotatable bonds is 7. The molecule has 2 aromatic carbocycles. The first-order valence-electron chi connectivity index (χ1n) is 9.78. The van der Waals surface area contributed by atoms with Crippen LogP contribution < -0.4 is 5.32 Å². The minimum atomic E-state index is -4.60. The van der Waals surface area contributed by atoms with Gasteiger partial charge in [-0.2, -0.15) is 8.78 Å². The third-order valence-electron chi connectivity index (χ3n) is 5.19. The zero-order chi connectivity index (χ0) is 21.7. The Morgan fingerprint density at radius 3 is 2.00 bits per heavy atom. The molecule has 1 N–H and O–H groups in total. The van der Waals surface area contributed by atoms with Gasteiger partial charge in [-0.25, -0.2) is 8.42 Å². The molecule has 0 aromatic heterocycles. The van der Waals surface area contributed by atoms with Crippen LogP contribution in [-0.2, 0) is 21.1 Å². The van der Waals surface area contributed by atoms with Crippen LogP contribution in [0.1, 0.15) is 12.5 Å². The monoisotopic (exact) mass is 437 g/mol. The maximum absolute atomic E-state index is 12.6. The molecule has 0 radical (unpaired) electrons. The number of nitrogens with zero attached hydrogens (tertiary/aromatic N) is 2. The highest BCUT2D eigenvalue weighted by Gasteiger charge is 2.26. The van der Waals surface area contributed by atoms with Crippen LogP contribution in [0.25, 0.3) is 0 Å². The Labute approximate surface area is 175 Å². The van der Waals surface area contributed by atoms with Gasteiger partial charge in [0.2, 0.25) is 15.7 Å². The van der Waals surface area contributed by atoms with Gasteiger partial charge in [0.05, 0.1) is 11.3 Å². The molecule has 1 heterocycles. The molecule has 162 valence electrons. The van der Waals surface area contributed by atoms with Crippen molar-refractivity contribution in [2.45, 2.75) is 24.0 Å². The van der Waals surface area contributed by atoms with Crippen molar-refractivity contribution in [3.63, 3.8) is 0 Å². The zero-order valence-corrected chi connectivity index (χ0v) is 17.5. The lowest BCUT2D eigenvalue weighted by molar-refractivity contribution is -0.132. The van der Waals surface area contributed by atoms with Crippen LogP contribution in [0.15, 0.2) is 53.4 Å². The van der Waals surface area contributed by atoms with Gasteiger partial charge in [0, 0.05) is 37.6 Å². The van der Waals surface area contributed by atoms with Gasteiger partial charge >= 0.3 is 5.76 Å². The predicted octanol–water partition coefficient (Wildman–Crippen LogP) is 3.13. The van der Waals surface area contributed by atoms with E-state index in [0.29, 0.717) is 12.1 Å². The van der Waals surface area contributed by atoms with Gasteiger partial charge in [-0.3, -0.25) is 4.79 Å². The molecule has 1 saturated heterocycles. The van der Waals surface area contributed by atoms with E-state index in [9.17, 15) is 22.0 Å². The van der Waals surface area contributed by atoms with Crippen molar-refractivity contribution in [2.24, 2.45) is 0 Å². The van der Waals surface area contributed by atoms with E-state index in [1.54, 1.807) is 0 Å². The number of sulfone groups is 1. The highest BCUT2D eigenvalue weighted by atomic mass is 32.2. The Morgan fingerprint density at radius 2 is 1.50 bits per heavy atom. The summed E-state index contributed by atoms with van der Waals surface area (Å²) in [5, 5.41) is 3.08. The van der Waals surface area contributed by atoms with E-state index >= 15 is 0 Å². The Kier molecular flexibility index (Phi) is 7.04. The van der Waals surface area contributed by atoms with Crippen LogP contribution in [0.3, 0.4) is 0 Å². The van der Waals surface area contributed by atoms with Gasteiger partial charge in [0.15, 0.2) is 0 Å². The van der Waals surface area contributed by atoms with Crippen molar-refractivity contribution in [3.05, 3.63) is 54.1 Å². The predicted molar refractivity (Wildman–Crippen MR) is 112 cm³/mol. The summed E-state index contributed by atoms with van der Waals surface area (Å²) in [5.41, 5.74) is 2.22. The maximum Gasteiger partial charge on any atom is 0.341 e. The number of hydrogen-bond acceptors (Lipinski definition) is 5. The summed E-state index contributed by atoms with van der Waals surface area (Å²) in [7, 11) is -4.60. The largest absolute Gasteiger partial charge is 0.356 e. The summed E-state index contributed by atoms with van der Waals surface area (Å²) in [4.78, 5) is 16.3. The fraction of sp³-hybridized carbons (Fsp3) is 0.381. The van der Waals surface area contributed by atoms with E-state index in [4.69, 9.17) is 0 Å². The molecule has 0 atom stereocenters. The van der Waals surface area contributed by atoms with Gasteiger partial charge in [-0.05, 0) is 48.5 Å². The van der Waals surface area contributed by atoms with E-state index in [-0.39, 0.29) is 5.91 Å². The standard InChI is InChI=1S/C21H25F2N3O3S/c1-2-25-11-13-26(14-12-25)20(27)15-16-3-5-17(6-4-16)24-18-7-9-19(10-8-18)30(28,29)21(22)23/h3-10,21,24H,2,11-15H2,1H3. The first kappa shape index (κ1) is 22.2. The number of piperazine rings is 1. The highest BCUT2D eigenvalue weighted by Crippen LogP contribution is 2.23. The fourth-order valence-electron chi connectivity index (χ4n) is 3.30. The van der Waals surface area contributed by atoms with Crippen LogP contribution in [0.5, 0.6) is 0 Å².